The summed E-state index contributed by atoms with van der Waals surface area (Å²) in [6.45, 7) is 1.83. The molecule has 8 heteroatoms. The zero-order valence-electron chi connectivity index (χ0n) is 17.9. The van der Waals surface area contributed by atoms with Crippen LogP contribution in [-0.4, -0.2) is 28.3 Å². The van der Waals surface area contributed by atoms with Gasteiger partial charge in [0.2, 0.25) is 0 Å². The van der Waals surface area contributed by atoms with Crippen molar-refractivity contribution in [3.8, 4) is 22.6 Å². The summed E-state index contributed by atoms with van der Waals surface area (Å²) < 4.78 is 16.3. The average Bonchev–Trinajstić information content (AvgIpc) is 3.50. The summed E-state index contributed by atoms with van der Waals surface area (Å²) in [4.78, 5) is 17.7. The molecule has 7 nitrogen and oxygen atoms in total. The normalized spacial score (nSPS) is 11.1. The Morgan fingerprint density at radius 1 is 1.03 bits per heavy atom. The highest BCUT2D eigenvalue weighted by atomic mass is 32.2. The Bertz CT molecular complexity index is 1440. The first-order valence-corrected chi connectivity index (χ1v) is 11.2. The van der Waals surface area contributed by atoms with E-state index in [1.54, 1.807) is 12.3 Å². The fourth-order valence-electron chi connectivity index (χ4n) is 3.71. The van der Waals surface area contributed by atoms with Crippen molar-refractivity contribution in [3.05, 3.63) is 83.9 Å². The number of rotatable bonds is 6. The first-order chi connectivity index (χ1) is 16.2. The number of aryl methyl sites for hydroxylation is 1. The second-order valence-corrected chi connectivity index (χ2v) is 8.16. The SMILES string of the molecule is COC(=O)c1c(CSc2nnc(-c3ccoc3C)o2)nc2ccccc2c1-c1ccccc1. The minimum absolute atomic E-state index is 0.348. The van der Waals surface area contributed by atoms with E-state index in [9.17, 15) is 4.79 Å². The van der Waals surface area contributed by atoms with Gasteiger partial charge < -0.3 is 13.6 Å². The van der Waals surface area contributed by atoms with Crippen LogP contribution >= 0.6 is 11.8 Å². The molecule has 3 heterocycles. The van der Waals surface area contributed by atoms with Crippen molar-refractivity contribution in [2.24, 2.45) is 0 Å². The van der Waals surface area contributed by atoms with Gasteiger partial charge in [-0.1, -0.05) is 60.3 Å². The van der Waals surface area contributed by atoms with Crippen molar-refractivity contribution in [3.63, 3.8) is 0 Å². The number of esters is 1. The predicted molar refractivity (Wildman–Crippen MR) is 125 cm³/mol. The lowest BCUT2D eigenvalue weighted by Crippen LogP contribution is -2.10. The van der Waals surface area contributed by atoms with Crippen LogP contribution in [0.3, 0.4) is 0 Å². The predicted octanol–water partition coefficient (Wildman–Crippen LogP) is 5.93. The third kappa shape index (κ3) is 4.01. The molecule has 0 radical (unpaired) electrons. The van der Waals surface area contributed by atoms with E-state index in [4.69, 9.17) is 18.6 Å². The number of para-hydroxylation sites is 1. The number of benzene rings is 2. The summed E-state index contributed by atoms with van der Waals surface area (Å²) in [6, 6.07) is 19.3. The Labute approximate surface area is 193 Å². The summed E-state index contributed by atoms with van der Waals surface area (Å²) in [7, 11) is 1.38. The molecule has 0 bridgehead atoms. The van der Waals surface area contributed by atoms with Crippen molar-refractivity contribution in [2.45, 2.75) is 17.9 Å². The van der Waals surface area contributed by atoms with Gasteiger partial charge in [0.05, 0.1) is 35.7 Å². The number of pyridine rings is 1. The Kier molecular flexibility index (Phi) is 5.66. The molecule has 2 aromatic carbocycles. The third-order valence-corrected chi connectivity index (χ3v) is 6.08. The zero-order chi connectivity index (χ0) is 22.8. The highest BCUT2D eigenvalue weighted by Gasteiger charge is 2.24. The molecule has 0 spiro atoms. The molecule has 0 aliphatic carbocycles. The van der Waals surface area contributed by atoms with Crippen molar-refractivity contribution >= 4 is 28.6 Å². The fourth-order valence-corrected chi connectivity index (χ4v) is 4.41. The van der Waals surface area contributed by atoms with Gasteiger partial charge in [-0.15, -0.1) is 10.2 Å². The summed E-state index contributed by atoms with van der Waals surface area (Å²) in [6.07, 6.45) is 1.58. The smallest absolute Gasteiger partial charge is 0.340 e. The Hall–Kier alpha value is -3.91. The van der Waals surface area contributed by atoms with E-state index in [0.717, 1.165) is 27.6 Å². The Morgan fingerprint density at radius 2 is 1.82 bits per heavy atom. The van der Waals surface area contributed by atoms with Gasteiger partial charge in [-0.05, 0) is 24.6 Å². The molecule has 0 amide bonds. The van der Waals surface area contributed by atoms with Gasteiger partial charge in [-0.2, -0.15) is 0 Å². The average molecular weight is 458 g/mol. The van der Waals surface area contributed by atoms with Crippen molar-refractivity contribution in [2.75, 3.05) is 7.11 Å². The number of thioether (sulfide) groups is 1. The second kappa shape index (κ2) is 8.91. The van der Waals surface area contributed by atoms with Crippen LogP contribution in [0.1, 0.15) is 21.8 Å². The summed E-state index contributed by atoms with van der Waals surface area (Å²) in [5, 5.41) is 9.49. The number of nitrogens with zero attached hydrogens (tertiary/aromatic N) is 3. The van der Waals surface area contributed by atoms with Gasteiger partial charge in [0.25, 0.3) is 11.1 Å². The fraction of sp³-hybridized carbons (Fsp3) is 0.120. The van der Waals surface area contributed by atoms with Crippen LogP contribution in [0.25, 0.3) is 33.5 Å². The Balaban J connectivity index is 1.57. The molecule has 0 saturated heterocycles. The van der Waals surface area contributed by atoms with Gasteiger partial charge in [0, 0.05) is 16.7 Å². The van der Waals surface area contributed by atoms with Crippen molar-refractivity contribution in [1.29, 1.82) is 0 Å². The lowest BCUT2D eigenvalue weighted by atomic mass is 9.94. The van der Waals surface area contributed by atoms with E-state index in [0.29, 0.717) is 33.9 Å². The van der Waals surface area contributed by atoms with Crippen LogP contribution in [-0.2, 0) is 10.5 Å². The van der Waals surface area contributed by atoms with Gasteiger partial charge in [-0.25, -0.2) is 4.79 Å². The van der Waals surface area contributed by atoms with Crippen molar-refractivity contribution < 1.29 is 18.4 Å². The largest absolute Gasteiger partial charge is 0.469 e. The molecule has 164 valence electrons. The van der Waals surface area contributed by atoms with Gasteiger partial charge in [0.15, 0.2) is 0 Å². The molecule has 0 saturated carbocycles. The van der Waals surface area contributed by atoms with E-state index in [1.807, 2.05) is 61.5 Å². The monoisotopic (exact) mass is 457 g/mol. The van der Waals surface area contributed by atoms with Gasteiger partial charge in [-0.3, -0.25) is 4.98 Å². The number of methoxy groups -OCH3 is 1. The highest BCUT2D eigenvalue weighted by molar-refractivity contribution is 7.98. The molecule has 0 aliphatic heterocycles. The summed E-state index contributed by atoms with van der Waals surface area (Å²) in [5.74, 6) is 0.990. The van der Waals surface area contributed by atoms with E-state index in [-0.39, 0.29) is 0 Å². The van der Waals surface area contributed by atoms with Crippen LogP contribution in [0.15, 0.2) is 81.0 Å². The number of hydrogen-bond donors (Lipinski definition) is 0. The Morgan fingerprint density at radius 3 is 2.58 bits per heavy atom. The topological polar surface area (TPSA) is 91.2 Å². The van der Waals surface area contributed by atoms with E-state index in [2.05, 4.69) is 10.2 Å². The minimum atomic E-state index is -0.442. The molecule has 5 rings (SSSR count). The number of furan rings is 1. The highest BCUT2D eigenvalue weighted by Crippen LogP contribution is 2.36. The number of hydrogen-bond acceptors (Lipinski definition) is 8. The quantitative estimate of drug-likeness (QED) is 0.229. The first kappa shape index (κ1) is 21.0. The number of aromatic nitrogens is 3. The maximum Gasteiger partial charge on any atom is 0.340 e. The van der Waals surface area contributed by atoms with E-state index in [1.165, 1.54) is 18.9 Å². The van der Waals surface area contributed by atoms with Gasteiger partial charge >= 0.3 is 5.97 Å². The molecule has 0 unspecified atom stereocenters. The molecule has 33 heavy (non-hydrogen) atoms. The van der Waals surface area contributed by atoms with Crippen LogP contribution in [0.4, 0.5) is 0 Å². The van der Waals surface area contributed by atoms with Crippen LogP contribution < -0.4 is 0 Å². The number of fused-ring (bicyclic) bond motifs is 1. The summed E-state index contributed by atoms with van der Waals surface area (Å²) in [5.41, 5.74) is 4.27. The van der Waals surface area contributed by atoms with Crippen LogP contribution in [0.2, 0.25) is 0 Å². The minimum Gasteiger partial charge on any atom is -0.469 e. The van der Waals surface area contributed by atoms with E-state index >= 15 is 0 Å². The third-order valence-electron chi connectivity index (χ3n) is 5.25. The molecular weight excluding hydrogens is 438 g/mol. The molecule has 0 fully saturated rings. The maximum absolute atomic E-state index is 12.9. The molecular formula is C25H19N3O4S. The molecule has 0 N–H and O–H groups in total. The number of carbonyl (C=O) groups is 1. The molecule has 0 atom stereocenters. The second-order valence-electron chi connectivity index (χ2n) is 7.24. The lowest BCUT2D eigenvalue weighted by Gasteiger charge is -2.15. The van der Waals surface area contributed by atoms with E-state index < -0.39 is 5.97 Å². The number of ether oxygens (including phenoxy) is 1. The van der Waals surface area contributed by atoms with Crippen LogP contribution in [0.5, 0.6) is 0 Å². The standard InChI is InChI=1S/C25H19N3O4S/c1-15-17(12-13-31-15)23-27-28-25(32-23)33-14-20-22(24(29)30-2)21(16-8-4-3-5-9-16)18-10-6-7-11-19(18)26-20/h3-13H,14H2,1-2H3. The zero-order valence-corrected chi connectivity index (χ0v) is 18.8. The van der Waals surface area contributed by atoms with Crippen LogP contribution in [0, 0.1) is 6.92 Å². The molecule has 0 aliphatic rings. The lowest BCUT2D eigenvalue weighted by molar-refractivity contribution is 0.0600. The summed E-state index contributed by atoms with van der Waals surface area (Å²) >= 11 is 1.31. The number of carbonyl (C=O) groups excluding carboxylic acids is 1. The van der Waals surface area contributed by atoms with Crippen molar-refractivity contribution in [1.82, 2.24) is 15.2 Å². The molecule has 3 aromatic heterocycles. The molecule has 5 aromatic rings. The van der Waals surface area contributed by atoms with Gasteiger partial charge in [0.1, 0.15) is 5.76 Å². The maximum atomic E-state index is 12.9. The first-order valence-electron chi connectivity index (χ1n) is 10.2.